The van der Waals surface area contributed by atoms with Crippen LogP contribution in [0, 0.1) is 0 Å². The highest BCUT2D eigenvalue weighted by Gasteiger charge is 2.43. The monoisotopic (exact) mass is 336 g/mol. The lowest BCUT2D eigenvalue weighted by Crippen LogP contribution is -2.40. The molecule has 7 heteroatoms. The first-order valence-electron chi connectivity index (χ1n) is 7.30. The summed E-state index contributed by atoms with van der Waals surface area (Å²) in [5, 5.41) is 0. The van der Waals surface area contributed by atoms with Crippen LogP contribution in [0.25, 0.3) is 0 Å². The fraction of sp³-hybridized carbons (Fsp3) is 0.375. The molecule has 0 saturated carbocycles. The van der Waals surface area contributed by atoms with Crippen molar-refractivity contribution in [1.29, 1.82) is 0 Å². The van der Waals surface area contributed by atoms with Crippen LogP contribution >= 0.6 is 0 Å². The number of carbonyl (C=O) groups is 1. The summed E-state index contributed by atoms with van der Waals surface area (Å²) in [6, 6.07) is 9.79. The van der Waals surface area contributed by atoms with E-state index in [0.29, 0.717) is 13.0 Å². The average Bonchev–Trinajstić information content (AvgIpc) is 2.97. The van der Waals surface area contributed by atoms with E-state index in [0.717, 1.165) is 5.56 Å². The number of amides is 1. The highest BCUT2D eigenvalue weighted by atomic mass is 32.2. The topological polar surface area (TPSA) is 98.8 Å². The first-order valence-corrected chi connectivity index (χ1v) is 8.96. The molecule has 1 aromatic carbocycles. The summed E-state index contributed by atoms with van der Waals surface area (Å²) < 4.78 is 30.4. The molecule has 2 rings (SSSR count). The van der Waals surface area contributed by atoms with Gasteiger partial charge in [0, 0.05) is 6.21 Å². The van der Waals surface area contributed by atoms with Gasteiger partial charge in [0.15, 0.2) is 14.7 Å². The Balaban J connectivity index is 1.85. The molecule has 0 radical (unpaired) electrons. The summed E-state index contributed by atoms with van der Waals surface area (Å²) in [5.74, 6) is -0.918. The number of carbonyl (C=O) groups excluding carboxylic acids is 1. The van der Waals surface area contributed by atoms with E-state index in [9.17, 15) is 13.2 Å². The Kier molecular flexibility index (Phi) is 5.68. The van der Waals surface area contributed by atoms with Gasteiger partial charge < -0.3 is 10.5 Å². The molecule has 1 unspecified atom stereocenters. The van der Waals surface area contributed by atoms with Gasteiger partial charge in [-0.15, -0.1) is 0 Å². The first-order chi connectivity index (χ1) is 11.0. The number of hydrogen-bond donors (Lipinski definition) is 1. The van der Waals surface area contributed by atoms with Gasteiger partial charge >= 0.3 is 0 Å². The predicted molar refractivity (Wildman–Crippen MR) is 88.9 cm³/mol. The Hall–Kier alpha value is -1.99. The second kappa shape index (κ2) is 7.52. The molecular formula is C16H20N2O4S. The molecule has 1 aliphatic rings. The van der Waals surface area contributed by atoms with E-state index < -0.39 is 20.6 Å². The van der Waals surface area contributed by atoms with Crippen LogP contribution in [-0.4, -0.2) is 44.4 Å². The maximum Gasteiger partial charge on any atom is 0.221 e. The number of allylic oxidation sites excluding steroid dienone is 1. The van der Waals surface area contributed by atoms with Gasteiger partial charge in [0.1, 0.15) is 0 Å². The first kappa shape index (κ1) is 17.4. The Morgan fingerprint density at radius 3 is 2.57 bits per heavy atom. The fourth-order valence-electron chi connectivity index (χ4n) is 2.34. The molecule has 1 aromatic rings. The maximum absolute atomic E-state index is 12.5. The van der Waals surface area contributed by atoms with Gasteiger partial charge in [-0.2, -0.15) is 0 Å². The van der Waals surface area contributed by atoms with Crippen LogP contribution in [0.2, 0.25) is 0 Å². The minimum atomic E-state index is -3.67. The average molecular weight is 336 g/mol. The van der Waals surface area contributed by atoms with Gasteiger partial charge in [0.2, 0.25) is 5.91 Å². The van der Waals surface area contributed by atoms with Crippen LogP contribution in [-0.2, 0) is 25.8 Å². The molecule has 2 N–H and O–H groups in total. The molecule has 1 aliphatic heterocycles. The van der Waals surface area contributed by atoms with Crippen molar-refractivity contribution in [2.24, 2.45) is 10.7 Å². The van der Waals surface area contributed by atoms with Crippen LogP contribution in [0.3, 0.4) is 0 Å². The number of rotatable bonds is 9. The molecular weight excluding hydrogens is 316 g/mol. The lowest BCUT2D eigenvalue weighted by atomic mass is 10.2. The third kappa shape index (κ3) is 4.49. The van der Waals surface area contributed by atoms with Gasteiger partial charge in [-0.1, -0.05) is 30.3 Å². The number of primary amides is 1. The highest BCUT2D eigenvalue weighted by molar-refractivity contribution is 7.93. The second-order valence-electron chi connectivity index (χ2n) is 5.29. The highest BCUT2D eigenvalue weighted by Crippen LogP contribution is 2.29. The lowest BCUT2D eigenvalue weighted by molar-refractivity contribution is -0.118. The molecule has 0 aromatic heterocycles. The van der Waals surface area contributed by atoms with Crippen molar-refractivity contribution in [1.82, 2.24) is 0 Å². The molecule has 23 heavy (non-hydrogen) atoms. The van der Waals surface area contributed by atoms with Crippen LogP contribution in [0.4, 0.5) is 0 Å². The van der Waals surface area contributed by atoms with Crippen molar-refractivity contribution < 1.29 is 17.9 Å². The SMILES string of the molecule is NC(=O)CC1(S(=O)(=O)CCOCCc2ccccc2)C=CC=N1. The Labute approximate surface area is 136 Å². The van der Waals surface area contributed by atoms with E-state index in [4.69, 9.17) is 10.5 Å². The summed E-state index contributed by atoms with van der Waals surface area (Å²) >= 11 is 0. The molecule has 1 amide bonds. The van der Waals surface area contributed by atoms with E-state index in [-0.39, 0.29) is 18.8 Å². The van der Waals surface area contributed by atoms with Gasteiger partial charge in [0.05, 0.1) is 25.4 Å². The molecule has 0 fully saturated rings. The lowest BCUT2D eigenvalue weighted by Gasteiger charge is -2.22. The Morgan fingerprint density at radius 2 is 1.96 bits per heavy atom. The zero-order valence-corrected chi connectivity index (χ0v) is 13.5. The van der Waals surface area contributed by atoms with Crippen molar-refractivity contribution in [3.05, 3.63) is 48.0 Å². The quantitative estimate of drug-likeness (QED) is 0.676. The van der Waals surface area contributed by atoms with Gasteiger partial charge in [-0.25, -0.2) is 8.42 Å². The van der Waals surface area contributed by atoms with Gasteiger partial charge in [0.25, 0.3) is 0 Å². The summed E-state index contributed by atoms with van der Waals surface area (Å²) in [5.41, 5.74) is 6.28. The van der Waals surface area contributed by atoms with Gasteiger partial charge in [-0.05, 0) is 24.1 Å². The zero-order valence-electron chi connectivity index (χ0n) is 12.7. The zero-order chi connectivity index (χ0) is 16.8. The maximum atomic E-state index is 12.5. The smallest absolute Gasteiger partial charge is 0.221 e. The van der Waals surface area contributed by atoms with Crippen molar-refractivity contribution in [3.63, 3.8) is 0 Å². The molecule has 0 bridgehead atoms. The largest absolute Gasteiger partial charge is 0.380 e. The summed E-state index contributed by atoms with van der Waals surface area (Å²) in [4.78, 5) is 13.5. The van der Waals surface area contributed by atoms with Crippen molar-refractivity contribution >= 4 is 22.0 Å². The van der Waals surface area contributed by atoms with Crippen molar-refractivity contribution in [2.45, 2.75) is 17.7 Å². The molecule has 0 spiro atoms. The normalized spacial score (nSPS) is 20.0. The molecule has 6 nitrogen and oxygen atoms in total. The van der Waals surface area contributed by atoms with Crippen molar-refractivity contribution in [3.8, 4) is 0 Å². The van der Waals surface area contributed by atoms with E-state index in [1.807, 2.05) is 30.3 Å². The van der Waals surface area contributed by atoms with Crippen molar-refractivity contribution in [2.75, 3.05) is 19.0 Å². The Morgan fingerprint density at radius 1 is 1.22 bits per heavy atom. The molecule has 1 atom stereocenters. The molecule has 124 valence electrons. The predicted octanol–water partition coefficient (Wildman–Crippen LogP) is 0.873. The Bertz CT molecular complexity index is 684. The third-order valence-electron chi connectivity index (χ3n) is 3.58. The number of sulfone groups is 1. The van der Waals surface area contributed by atoms with Crippen LogP contribution in [0.5, 0.6) is 0 Å². The summed E-state index contributed by atoms with van der Waals surface area (Å²) in [7, 11) is -3.67. The van der Waals surface area contributed by atoms with Crippen LogP contribution in [0.15, 0.2) is 47.5 Å². The number of hydrogen-bond acceptors (Lipinski definition) is 5. The van der Waals surface area contributed by atoms with Crippen LogP contribution < -0.4 is 5.73 Å². The molecule has 0 aliphatic carbocycles. The molecule has 1 heterocycles. The van der Waals surface area contributed by atoms with E-state index >= 15 is 0 Å². The number of nitrogens with two attached hydrogens (primary N) is 1. The second-order valence-corrected chi connectivity index (χ2v) is 7.64. The van der Waals surface area contributed by atoms with Gasteiger partial charge in [-0.3, -0.25) is 9.79 Å². The fourth-order valence-corrected chi connectivity index (χ4v) is 3.90. The minimum Gasteiger partial charge on any atom is -0.380 e. The number of nitrogens with zero attached hydrogens (tertiary/aromatic N) is 1. The minimum absolute atomic E-state index is 0.0546. The number of ether oxygens (including phenoxy) is 1. The molecule has 0 saturated heterocycles. The summed E-state index contributed by atoms with van der Waals surface area (Å²) in [6.45, 7) is 0.487. The van der Waals surface area contributed by atoms with E-state index in [1.165, 1.54) is 18.4 Å². The summed E-state index contributed by atoms with van der Waals surface area (Å²) in [6.07, 6.45) is 4.64. The van der Waals surface area contributed by atoms with Crippen LogP contribution in [0.1, 0.15) is 12.0 Å². The third-order valence-corrected chi connectivity index (χ3v) is 5.74. The standard InChI is InChI=1S/C16H20N2O4S/c17-15(19)13-16(8-4-9-18-16)23(20,21)12-11-22-10-7-14-5-2-1-3-6-14/h1-6,8-9H,7,10-13H2,(H2,17,19). The van der Waals surface area contributed by atoms with E-state index in [2.05, 4.69) is 4.99 Å². The number of aliphatic imine (C=N–C) groups is 1. The van der Waals surface area contributed by atoms with E-state index in [1.54, 1.807) is 0 Å². The number of benzene rings is 1.